The molecule has 1 aliphatic rings. The zero-order valence-corrected chi connectivity index (χ0v) is 12.3. The van der Waals surface area contributed by atoms with Crippen molar-refractivity contribution in [1.82, 2.24) is 5.32 Å². The molecule has 1 unspecified atom stereocenters. The molecule has 1 atom stereocenters. The van der Waals surface area contributed by atoms with Crippen LogP contribution < -0.4 is 5.32 Å². The van der Waals surface area contributed by atoms with E-state index >= 15 is 0 Å². The van der Waals surface area contributed by atoms with Gasteiger partial charge in [0.05, 0.1) is 6.10 Å². The second kappa shape index (κ2) is 7.66. The molecule has 0 aromatic heterocycles. The molecule has 0 amide bonds. The fourth-order valence-electron chi connectivity index (χ4n) is 2.80. The molecule has 2 nitrogen and oxygen atoms in total. The predicted octanol–water partition coefficient (Wildman–Crippen LogP) is 4.08. The highest BCUT2D eigenvalue weighted by atomic mass is 16.5. The average molecular weight is 261 g/mol. The molecule has 0 saturated heterocycles. The quantitative estimate of drug-likeness (QED) is 0.761. The first-order valence-electron chi connectivity index (χ1n) is 7.76. The molecular weight excluding hydrogens is 234 g/mol. The van der Waals surface area contributed by atoms with Crippen LogP contribution in [-0.4, -0.2) is 18.8 Å². The first-order valence-corrected chi connectivity index (χ1v) is 7.76. The minimum absolute atomic E-state index is 0.491. The average Bonchev–Trinajstić information content (AvgIpc) is 2.41. The number of unbranched alkanes of at least 4 members (excludes halogenated alkanes) is 1. The van der Waals surface area contributed by atoms with E-state index in [1.807, 2.05) is 0 Å². The molecule has 0 spiro atoms. The molecule has 2 heteroatoms. The second-order valence-corrected chi connectivity index (χ2v) is 5.52. The van der Waals surface area contributed by atoms with Crippen molar-refractivity contribution in [3.05, 3.63) is 35.9 Å². The molecule has 0 aliphatic heterocycles. The molecule has 0 heterocycles. The second-order valence-electron chi connectivity index (χ2n) is 5.52. The summed E-state index contributed by atoms with van der Waals surface area (Å²) in [5, 5.41) is 3.81. The molecule has 1 fully saturated rings. The van der Waals surface area contributed by atoms with Gasteiger partial charge in [-0.15, -0.1) is 0 Å². The summed E-state index contributed by atoms with van der Waals surface area (Å²) in [4.78, 5) is 0. The molecule has 19 heavy (non-hydrogen) atoms. The van der Waals surface area contributed by atoms with Gasteiger partial charge in [0.1, 0.15) is 0 Å². The molecule has 0 bridgehead atoms. The van der Waals surface area contributed by atoms with Gasteiger partial charge in [-0.25, -0.2) is 0 Å². The van der Waals surface area contributed by atoms with Crippen LogP contribution in [0, 0.1) is 0 Å². The van der Waals surface area contributed by atoms with Crippen LogP contribution >= 0.6 is 0 Å². The van der Waals surface area contributed by atoms with E-state index < -0.39 is 0 Å². The maximum absolute atomic E-state index is 5.64. The Morgan fingerprint density at radius 2 is 1.95 bits per heavy atom. The predicted molar refractivity (Wildman–Crippen MR) is 80.3 cm³/mol. The summed E-state index contributed by atoms with van der Waals surface area (Å²) >= 11 is 0. The fourth-order valence-corrected chi connectivity index (χ4v) is 2.80. The lowest BCUT2D eigenvalue weighted by Crippen LogP contribution is -2.46. The normalized spacial score (nSPS) is 23.9. The highest BCUT2D eigenvalue weighted by Crippen LogP contribution is 2.28. The molecule has 0 radical (unpaired) electrons. The van der Waals surface area contributed by atoms with Crippen molar-refractivity contribution in [3.8, 4) is 0 Å². The number of ether oxygens (including phenoxy) is 1. The largest absolute Gasteiger partial charge is 0.378 e. The summed E-state index contributed by atoms with van der Waals surface area (Å²) in [6.07, 6.45) is 6.61. The zero-order chi connectivity index (χ0) is 13.5. The molecule has 1 saturated carbocycles. The Morgan fingerprint density at radius 3 is 2.58 bits per heavy atom. The highest BCUT2D eigenvalue weighted by molar-refractivity contribution is 5.19. The van der Waals surface area contributed by atoms with Crippen LogP contribution in [-0.2, 0) is 4.74 Å². The van der Waals surface area contributed by atoms with Gasteiger partial charge in [0.15, 0.2) is 0 Å². The van der Waals surface area contributed by atoms with Crippen molar-refractivity contribution in [2.75, 3.05) is 6.61 Å². The zero-order valence-electron chi connectivity index (χ0n) is 12.3. The van der Waals surface area contributed by atoms with Crippen LogP contribution in [0.3, 0.4) is 0 Å². The summed E-state index contributed by atoms with van der Waals surface area (Å²) < 4.78 is 5.64. The number of benzene rings is 1. The van der Waals surface area contributed by atoms with Gasteiger partial charge < -0.3 is 10.1 Å². The molecule has 1 aromatic rings. The van der Waals surface area contributed by atoms with Crippen molar-refractivity contribution in [2.24, 2.45) is 0 Å². The van der Waals surface area contributed by atoms with Crippen LogP contribution in [0.5, 0.6) is 0 Å². The lowest BCUT2D eigenvalue weighted by atomic mass is 9.87. The van der Waals surface area contributed by atoms with E-state index in [-0.39, 0.29) is 0 Å². The summed E-state index contributed by atoms with van der Waals surface area (Å²) in [5.74, 6) is 0. The van der Waals surface area contributed by atoms with E-state index in [2.05, 4.69) is 49.5 Å². The van der Waals surface area contributed by atoms with E-state index in [1.54, 1.807) is 0 Å². The smallest absolute Gasteiger partial charge is 0.0604 e. The first-order chi connectivity index (χ1) is 9.33. The Kier molecular flexibility index (Phi) is 5.87. The Morgan fingerprint density at radius 1 is 1.21 bits per heavy atom. The number of rotatable bonds is 8. The Labute approximate surface area is 117 Å². The van der Waals surface area contributed by atoms with Crippen molar-refractivity contribution >= 4 is 0 Å². The monoisotopic (exact) mass is 261 g/mol. The third kappa shape index (κ3) is 4.32. The maximum atomic E-state index is 5.64. The first kappa shape index (κ1) is 14.5. The molecule has 1 aromatic carbocycles. The van der Waals surface area contributed by atoms with E-state index in [4.69, 9.17) is 4.74 Å². The maximum Gasteiger partial charge on any atom is 0.0604 e. The molecule has 106 valence electrons. The number of hydrogen-bond donors (Lipinski definition) is 1. The SMILES string of the molecule is CCCCC(NC1CC(OCC)C1)c1ccccc1. The minimum Gasteiger partial charge on any atom is -0.378 e. The molecule has 2 rings (SSSR count). The van der Waals surface area contributed by atoms with E-state index in [0.717, 1.165) is 6.61 Å². The molecule has 1 aliphatic carbocycles. The van der Waals surface area contributed by atoms with Gasteiger partial charge in [-0.05, 0) is 31.7 Å². The van der Waals surface area contributed by atoms with Crippen molar-refractivity contribution < 1.29 is 4.74 Å². The van der Waals surface area contributed by atoms with E-state index in [1.165, 1.54) is 37.7 Å². The molecular formula is C17H27NO. The Balaban J connectivity index is 1.85. The number of hydrogen-bond acceptors (Lipinski definition) is 2. The summed E-state index contributed by atoms with van der Waals surface area (Å²) in [5.41, 5.74) is 1.43. The Hall–Kier alpha value is -0.860. The van der Waals surface area contributed by atoms with Crippen LogP contribution in [0.25, 0.3) is 0 Å². The van der Waals surface area contributed by atoms with Gasteiger partial charge in [0.2, 0.25) is 0 Å². The van der Waals surface area contributed by atoms with Gasteiger partial charge in [0, 0.05) is 18.7 Å². The van der Waals surface area contributed by atoms with E-state index in [9.17, 15) is 0 Å². The third-order valence-corrected chi connectivity index (χ3v) is 3.98. The van der Waals surface area contributed by atoms with Crippen LogP contribution in [0.2, 0.25) is 0 Å². The van der Waals surface area contributed by atoms with Crippen molar-refractivity contribution in [1.29, 1.82) is 0 Å². The standard InChI is InChI=1S/C17H27NO/c1-3-5-11-17(14-9-7-6-8-10-14)18-15-12-16(13-15)19-4-2/h6-10,15-18H,3-5,11-13H2,1-2H3. The minimum atomic E-state index is 0.491. The van der Waals surface area contributed by atoms with Crippen LogP contribution in [0.4, 0.5) is 0 Å². The van der Waals surface area contributed by atoms with Gasteiger partial charge in [-0.1, -0.05) is 50.1 Å². The fraction of sp³-hybridized carbons (Fsp3) is 0.647. The molecule has 1 N–H and O–H groups in total. The lowest BCUT2D eigenvalue weighted by molar-refractivity contribution is -0.0127. The van der Waals surface area contributed by atoms with Crippen molar-refractivity contribution in [2.45, 2.75) is 64.1 Å². The topological polar surface area (TPSA) is 21.3 Å². The van der Waals surface area contributed by atoms with Crippen LogP contribution in [0.1, 0.15) is 57.6 Å². The van der Waals surface area contributed by atoms with Crippen molar-refractivity contribution in [3.63, 3.8) is 0 Å². The third-order valence-electron chi connectivity index (χ3n) is 3.98. The van der Waals surface area contributed by atoms with Crippen LogP contribution in [0.15, 0.2) is 30.3 Å². The lowest BCUT2D eigenvalue weighted by Gasteiger charge is -2.38. The van der Waals surface area contributed by atoms with E-state index in [0.29, 0.717) is 18.2 Å². The Bertz CT molecular complexity index is 346. The summed E-state index contributed by atoms with van der Waals surface area (Å²) in [6, 6.07) is 12.0. The highest BCUT2D eigenvalue weighted by Gasteiger charge is 2.31. The summed E-state index contributed by atoms with van der Waals surface area (Å²) in [6.45, 7) is 5.18. The summed E-state index contributed by atoms with van der Waals surface area (Å²) in [7, 11) is 0. The number of nitrogens with one attached hydrogen (secondary N) is 1. The van der Waals surface area contributed by atoms with Gasteiger partial charge in [-0.2, -0.15) is 0 Å². The van der Waals surface area contributed by atoms with Gasteiger partial charge in [0.25, 0.3) is 0 Å². The van der Waals surface area contributed by atoms with Gasteiger partial charge >= 0.3 is 0 Å². The van der Waals surface area contributed by atoms with Gasteiger partial charge in [-0.3, -0.25) is 0 Å².